The fourth-order valence-electron chi connectivity index (χ4n) is 2.03. The summed E-state index contributed by atoms with van der Waals surface area (Å²) in [5.74, 6) is -0.149. The van der Waals surface area contributed by atoms with Crippen molar-refractivity contribution in [2.75, 3.05) is 13.2 Å². The molecule has 5 nitrogen and oxygen atoms in total. The van der Waals surface area contributed by atoms with Gasteiger partial charge in [0.1, 0.15) is 10.3 Å². The van der Waals surface area contributed by atoms with Crippen molar-refractivity contribution < 1.29 is 9.90 Å². The monoisotopic (exact) mass is 299 g/mol. The van der Waals surface area contributed by atoms with Gasteiger partial charge in [-0.3, -0.25) is 4.79 Å². The number of piperidine rings is 1. The summed E-state index contributed by atoms with van der Waals surface area (Å²) in [4.78, 5) is 21.9. The Morgan fingerprint density at radius 3 is 2.94 bits per heavy atom. The van der Waals surface area contributed by atoms with Crippen molar-refractivity contribution in [2.45, 2.75) is 25.3 Å². The molecule has 0 aliphatic carbocycles. The number of carbonyl (C=O) groups is 1. The number of aliphatic hydroxyl groups is 1. The molecule has 1 aliphatic rings. The molecule has 1 saturated heterocycles. The number of nitrogens with zero attached hydrogens (tertiary/aromatic N) is 3. The summed E-state index contributed by atoms with van der Waals surface area (Å²) in [5, 5.41) is 9.26. The van der Waals surface area contributed by atoms with Crippen LogP contribution in [-0.2, 0) is 0 Å². The van der Waals surface area contributed by atoms with Crippen molar-refractivity contribution in [3.63, 3.8) is 0 Å². The van der Waals surface area contributed by atoms with Gasteiger partial charge in [-0.25, -0.2) is 9.97 Å². The number of aliphatic hydroxyl groups excluding tert-OH is 1. The number of aromatic nitrogens is 2. The third-order valence-corrected chi connectivity index (χ3v) is 3.35. The lowest BCUT2D eigenvalue weighted by Gasteiger charge is -2.34. The minimum atomic E-state index is -0.149. The van der Waals surface area contributed by atoms with Gasteiger partial charge in [0.2, 0.25) is 0 Å². The van der Waals surface area contributed by atoms with E-state index in [1.807, 2.05) is 0 Å². The highest BCUT2D eigenvalue weighted by molar-refractivity contribution is 9.10. The van der Waals surface area contributed by atoms with Crippen molar-refractivity contribution in [1.29, 1.82) is 0 Å². The summed E-state index contributed by atoms with van der Waals surface area (Å²) in [6.07, 6.45) is 5.85. The first-order chi connectivity index (χ1) is 8.22. The van der Waals surface area contributed by atoms with Crippen molar-refractivity contribution in [3.8, 4) is 0 Å². The van der Waals surface area contributed by atoms with Crippen LogP contribution < -0.4 is 0 Å². The molecule has 1 amide bonds. The number of hydrogen-bond acceptors (Lipinski definition) is 4. The molecule has 1 atom stereocenters. The molecule has 0 spiro atoms. The van der Waals surface area contributed by atoms with Gasteiger partial charge in [-0.1, -0.05) is 0 Å². The molecule has 2 rings (SSSR count). The van der Waals surface area contributed by atoms with E-state index < -0.39 is 0 Å². The molecule has 6 heteroatoms. The molecule has 1 aliphatic heterocycles. The van der Waals surface area contributed by atoms with Crippen molar-refractivity contribution in [2.24, 2.45) is 0 Å². The molecule has 1 unspecified atom stereocenters. The van der Waals surface area contributed by atoms with Crippen LogP contribution in [0, 0.1) is 0 Å². The smallest absolute Gasteiger partial charge is 0.274 e. The first-order valence-corrected chi connectivity index (χ1v) is 6.41. The molecular formula is C11H14BrN3O2. The van der Waals surface area contributed by atoms with Gasteiger partial charge in [-0.15, -0.1) is 0 Å². The minimum Gasteiger partial charge on any atom is -0.394 e. The molecule has 17 heavy (non-hydrogen) atoms. The maximum absolute atomic E-state index is 12.2. The lowest BCUT2D eigenvalue weighted by molar-refractivity contribution is 0.0497. The van der Waals surface area contributed by atoms with Crippen molar-refractivity contribution in [1.82, 2.24) is 14.9 Å². The summed E-state index contributed by atoms with van der Waals surface area (Å²) < 4.78 is 0.603. The van der Waals surface area contributed by atoms with E-state index in [2.05, 4.69) is 25.9 Å². The standard InChI is InChI=1S/C11H14BrN3O2/c12-10-6-13-9(5-14-10)11(17)15-4-2-1-3-8(15)7-16/h5-6,8,16H,1-4,7H2. The first-order valence-electron chi connectivity index (χ1n) is 5.61. The zero-order valence-electron chi connectivity index (χ0n) is 9.34. The Morgan fingerprint density at radius 2 is 2.29 bits per heavy atom. The molecule has 1 aromatic rings. The zero-order chi connectivity index (χ0) is 12.3. The molecule has 0 radical (unpaired) electrons. The number of carbonyl (C=O) groups excluding carboxylic acids is 1. The highest BCUT2D eigenvalue weighted by Crippen LogP contribution is 2.18. The van der Waals surface area contributed by atoms with Gasteiger partial charge in [-0.05, 0) is 35.2 Å². The highest BCUT2D eigenvalue weighted by atomic mass is 79.9. The van der Waals surface area contributed by atoms with Crippen LogP contribution in [-0.4, -0.2) is 45.1 Å². The van der Waals surface area contributed by atoms with E-state index in [0.717, 1.165) is 19.3 Å². The molecule has 0 saturated carbocycles. The minimum absolute atomic E-state index is 0.00962. The summed E-state index contributed by atoms with van der Waals surface area (Å²) in [7, 11) is 0. The van der Waals surface area contributed by atoms with Gasteiger partial charge in [0.25, 0.3) is 5.91 Å². The SMILES string of the molecule is O=C(c1cnc(Br)cn1)N1CCCCC1CO. The molecule has 92 valence electrons. The van der Waals surface area contributed by atoms with E-state index in [4.69, 9.17) is 0 Å². The van der Waals surface area contributed by atoms with E-state index in [9.17, 15) is 9.90 Å². The maximum atomic E-state index is 12.2. The second-order valence-electron chi connectivity index (χ2n) is 4.06. The third-order valence-electron chi connectivity index (χ3n) is 2.94. The third kappa shape index (κ3) is 2.81. The van der Waals surface area contributed by atoms with Crippen LogP contribution in [0.4, 0.5) is 0 Å². The van der Waals surface area contributed by atoms with E-state index in [1.54, 1.807) is 4.90 Å². The lowest BCUT2D eigenvalue weighted by Crippen LogP contribution is -2.45. The molecule has 1 fully saturated rings. The number of rotatable bonds is 2. The Morgan fingerprint density at radius 1 is 1.47 bits per heavy atom. The average Bonchev–Trinajstić information content (AvgIpc) is 2.39. The zero-order valence-corrected chi connectivity index (χ0v) is 10.9. The van der Waals surface area contributed by atoms with Crippen LogP contribution >= 0.6 is 15.9 Å². The largest absolute Gasteiger partial charge is 0.394 e. The fraction of sp³-hybridized carbons (Fsp3) is 0.545. The van der Waals surface area contributed by atoms with Gasteiger partial charge in [-0.2, -0.15) is 0 Å². The second kappa shape index (κ2) is 5.55. The van der Waals surface area contributed by atoms with Crippen LogP contribution in [0.3, 0.4) is 0 Å². The van der Waals surface area contributed by atoms with Crippen LogP contribution in [0.1, 0.15) is 29.8 Å². The van der Waals surface area contributed by atoms with Gasteiger partial charge in [0.05, 0.1) is 25.0 Å². The quantitative estimate of drug-likeness (QED) is 0.892. The summed E-state index contributed by atoms with van der Waals surface area (Å²) in [6.45, 7) is 0.692. The number of halogens is 1. The summed E-state index contributed by atoms with van der Waals surface area (Å²) >= 11 is 3.18. The lowest BCUT2D eigenvalue weighted by atomic mass is 10.0. The van der Waals surface area contributed by atoms with E-state index in [0.29, 0.717) is 16.8 Å². The first kappa shape index (κ1) is 12.4. The molecule has 1 N–H and O–H groups in total. The Kier molecular flexibility index (Phi) is 4.06. The Labute approximate surface area is 108 Å². The molecule has 0 aromatic carbocycles. The average molecular weight is 300 g/mol. The Balaban J connectivity index is 2.15. The summed E-state index contributed by atoms with van der Waals surface area (Å²) in [6, 6.07) is -0.0818. The van der Waals surface area contributed by atoms with Crippen molar-refractivity contribution >= 4 is 21.8 Å². The fourth-order valence-corrected chi connectivity index (χ4v) is 2.23. The number of likely N-dealkylation sites (tertiary alicyclic amines) is 1. The van der Waals surface area contributed by atoms with Gasteiger partial charge < -0.3 is 10.0 Å². The molecule has 0 bridgehead atoms. The van der Waals surface area contributed by atoms with E-state index in [-0.39, 0.29) is 18.6 Å². The molecule has 1 aromatic heterocycles. The van der Waals surface area contributed by atoms with Crippen LogP contribution in [0.25, 0.3) is 0 Å². The van der Waals surface area contributed by atoms with Crippen LogP contribution in [0.15, 0.2) is 17.0 Å². The topological polar surface area (TPSA) is 66.3 Å². The number of amides is 1. The molecule has 2 heterocycles. The maximum Gasteiger partial charge on any atom is 0.274 e. The number of hydrogen-bond donors (Lipinski definition) is 1. The predicted octanol–water partition coefficient (Wildman–Crippen LogP) is 1.23. The normalized spacial score (nSPS) is 20.4. The Bertz CT molecular complexity index is 396. The predicted molar refractivity (Wildman–Crippen MR) is 65.5 cm³/mol. The van der Waals surface area contributed by atoms with Gasteiger partial charge in [0, 0.05) is 6.54 Å². The summed E-state index contributed by atoms with van der Waals surface area (Å²) in [5.41, 5.74) is 0.327. The Hall–Kier alpha value is -1.01. The van der Waals surface area contributed by atoms with Gasteiger partial charge in [0.15, 0.2) is 0 Å². The van der Waals surface area contributed by atoms with E-state index >= 15 is 0 Å². The van der Waals surface area contributed by atoms with Crippen molar-refractivity contribution in [3.05, 3.63) is 22.7 Å². The van der Waals surface area contributed by atoms with Crippen LogP contribution in [0.5, 0.6) is 0 Å². The van der Waals surface area contributed by atoms with Crippen LogP contribution in [0.2, 0.25) is 0 Å². The molecular weight excluding hydrogens is 286 g/mol. The second-order valence-corrected chi connectivity index (χ2v) is 4.87. The highest BCUT2D eigenvalue weighted by Gasteiger charge is 2.27. The van der Waals surface area contributed by atoms with Gasteiger partial charge >= 0.3 is 0 Å². The van der Waals surface area contributed by atoms with E-state index in [1.165, 1.54) is 12.4 Å².